The predicted molar refractivity (Wildman–Crippen MR) is 54.7 cm³/mol. The molecular weight excluding hydrogens is 200 g/mol. The van der Waals surface area contributed by atoms with Crippen molar-refractivity contribution in [2.45, 2.75) is 26.3 Å². The zero-order valence-electron chi connectivity index (χ0n) is 8.85. The van der Waals surface area contributed by atoms with Crippen LogP contribution in [0.2, 0.25) is 0 Å². The summed E-state index contributed by atoms with van der Waals surface area (Å²) >= 11 is 0. The minimum Gasteiger partial charge on any atom is -0.507 e. The molecule has 0 heterocycles. The molecule has 4 heteroatoms. The van der Waals surface area contributed by atoms with Crippen LogP contribution in [0.1, 0.15) is 31.9 Å². The van der Waals surface area contributed by atoms with E-state index < -0.39 is 11.6 Å². The lowest BCUT2D eigenvalue weighted by molar-refractivity contribution is 0.429. The summed E-state index contributed by atoms with van der Waals surface area (Å²) in [6.07, 6.45) is 0.911. The first-order valence-electron chi connectivity index (χ1n) is 4.97. The van der Waals surface area contributed by atoms with Crippen molar-refractivity contribution in [1.29, 1.82) is 0 Å². The fourth-order valence-electron chi connectivity index (χ4n) is 1.46. The van der Waals surface area contributed by atoms with Gasteiger partial charge in [-0.2, -0.15) is 0 Å². The Morgan fingerprint density at radius 2 is 2.07 bits per heavy atom. The lowest BCUT2D eigenvalue weighted by Crippen LogP contribution is -2.20. The van der Waals surface area contributed by atoms with Crippen LogP contribution in [0.5, 0.6) is 5.75 Å². The van der Waals surface area contributed by atoms with Gasteiger partial charge in [0, 0.05) is 23.7 Å². The molecule has 0 radical (unpaired) electrons. The van der Waals surface area contributed by atoms with Gasteiger partial charge < -0.3 is 10.4 Å². The van der Waals surface area contributed by atoms with Crippen molar-refractivity contribution in [1.82, 2.24) is 5.32 Å². The molecule has 0 fully saturated rings. The van der Waals surface area contributed by atoms with Crippen LogP contribution in [0.3, 0.4) is 0 Å². The first kappa shape index (κ1) is 11.9. The molecule has 1 rings (SSSR count). The largest absolute Gasteiger partial charge is 0.507 e. The number of halogens is 2. The minimum atomic E-state index is -0.767. The second-order valence-corrected chi connectivity index (χ2v) is 3.50. The Labute approximate surface area is 87.9 Å². The molecule has 15 heavy (non-hydrogen) atoms. The Bertz CT molecular complexity index is 318. The summed E-state index contributed by atoms with van der Waals surface area (Å²) in [4.78, 5) is 0. The Kier molecular flexibility index (Phi) is 4.03. The molecule has 0 saturated carbocycles. The van der Waals surface area contributed by atoms with Gasteiger partial charge in [0.05, 0.1) is 0 Å². The number of aromatic hydroxyl groups is 1. The molecule has 1 aromatic carbocycles. The van der Waals surface area contributed by atoms with E-state index in [0.717, 1.165) is 25.1 Å². The van der Waals surface area contributed by atoms with E-state index >= 15 is 0 Å². The molecule has 1 unspecified atom stereocenters. The lowest BCUT2D eigenvalue weighted by Gasteiger charge is -2.15. The maximum atomic E-state index is 13.3. The fourth-order valence-corrected chi connectivity index (χ4v) is 1.46. The van der Waals surface area contributed by atoms with Crippen molar-refractivity contribution in [3.8, 4) is 5.75 Å². The highest BCUT2D eigenvalue weighted by Crippen LogP contribution is 2.27. The van der Waals surface area contributed by atoms with Crippen LogP contribution in [0.25, 0.3) is 0 Å². The molecule has 0 aliphatic rings. The van der Waals surface area contributed by atoms with Crippen LogP contribution in [0.4, 0.5) is 8.78 Å². The standard InChI is InChI=1S/C11H15F2NO/c1-3-4-14-7(2)11-9(13)5-8(12)6-10(11)15/h5-7,14-15H,3-4H2,1-2H3. The van der Waals surface area contributed by atoms with E-state index in [1.54, 1.807) is 6.92 Å². The van der Waals surface area contributed by atoms with Crippen molar-refractivity contribution in [2.75, 3.05) is 6.54 Å². The van der Waals surface area contributed by atoms with E-state index in [0.29, 0.717) is 0 Å². The van der Waals surface area contributed by atoms with Gasteiger partial charge in [0.2, 0.25) is 0 Å². The molecule has 0 aromatic heterocycles. The monoisotopic (exact) mass is 215 g/mol. The molecule has 1 aromatic rings. The normalized spacial score (nSPS) is 12.8. The third kappa shape index (κ3) is 2.89. The maximum Gasteiger partial charge on any atom is 0.134 e. The number of hydrogen-bond donors (Lipinski definition) is 2. The van der Waals surface area contributed by atoms with E-state index in [9.17, 15) is 13.9 Å². The van der Waals surface area contributed by atoms with Gasteiger partial charge in [0.25, 0.3) is 0 Å². The number of phenolic OH excluding ortho intramolecular Hbond substituents is 1. The van der Waals surface area contributed by atoms with E-state index in [1.807, 2.05) is 6.92 Å². The third-order valence-corrected chi connectivity index (χ3v) is 2.21. The summed E-state index contributed by atoms with van der Waals surface area (Å²) in [7, 11) is 0. The van der Waals surface area contributed by atoms with Crippen molar-refractivity contribution in [3.63, 3.8) is 0 Å². The Morgan fingerprint density at radius 1 is 1.40 bits per heavy atom. The number of benzene rings is 1. The smallest absolute Gasteiger partial charge is 0.134 e. The number of phenols is 1. The topological polar surface area (TPSA) is 32.3 Å². The van der Waals surface area contributed by atoms with Crippen LogP contribution >= 0.6 is 0 Å². The fraction of sp³-hybridized carbons (Fsp3) is 0.455. The molecule has 0 saturated heterocycles. The lowest BCUT2D eigenvalue weighted by atomic mass is 10.1. The minimum absolute atomic E-state index is 0.116. The highest BCUT2D eigenvalue weighted by molar-refractivity contribution is 5.36. The summed E-state index contributed by atoms with van der Waals surface area (Å²) in [5.74, 6) is -1.83. The first-order valence-corrected chi connectivity index (χ1v) is 4.97. The van der Waals surface area contributed by atoms with Crippen LogP contribution in [0.15, 0.2) is 12.1 Å². The van der Waals surface area contributed by atoms with Gasteiger partial charge in [-0.15, -0.1) is 0 Å². The first-order chi connectivity index (χ1) is 7.06. The van der Waals surface area contributed by atoms with Crippen molar-refractivity contribution >= 4 is 0 Å². The van der Waals surface area contributed by atoms with E-state index in [2.05, 4.69) is 5.32 Å². The van der Waals surface area contributed by atoms with Gasteiger partial charge in [-0.3, -0.25) is 0 Å². The quantitative estimate of drug-likeness (QED) is 0.809. The Morgan fingerprint density at radius 3 is 2.60 bits per heavy atom. The van der Waals surface area contributed by atoms with Gasteiger partial charge >= 0.3 is 0 Å². The van der Waals surface area contributed by atoms with E-state index in [4.69, 9.17) is 0 Å². The summed E-state index contributed by atoms with van der Waals surface area (Å²) in [6.45, 7) is 4.43. The van der Waals surface area contributed by atoms with Gasteiger partial charge in [-0.1, -0.05) is 6.92 Å². The molecule has 1 atom stereocenters. The molecule has 0 aliphatic carbocycles. The van der Waals surface area contributed by atoms with Gasteiger partial charge in [0.1, 0.15) is 17.4 Å². The third-order valence-electron chi connectivity index (χ3n) is 2.21. The molecule has 0 bridgehead atoms. The van der Waals surface area contributed by atoms with Crippen LogP contribution in [-0.2, 0) is 0 Å². The Balaban J connectivity index is 2.92. The molecule has 2 nitrogen and oxygen atoms in total. The number of rotatable bonds is 4. The molecule has 2 N–H and O–H groups in total. The molecule has 0 aliphatic heterocycles. The van der Waals surface area contributed by atoms with E-state index in [-0.39, 0.29) is 17.4 Å². The number of hydrogen-bond acceptors (Lipinski definition) is 2. The molecule has 0 amide bonds. The Hall–Kier alpha value is -1.16. The van der Waals surface area contributed by atoms with Gasteiger partial charge in [-0.25, -0.2) is 8.78 Å². The summed E-state index contributed by atoms with van der Waals surface area (Å²) in [5, 5.41) is 12.4. The SMILES string of the molecule is CCCNC(C)c1c(O)cc(F)cc1F. The molecule has 0 spiro atoms. The van der Waals surface area contributed by atoms with Crippen LogP contribution in [0, 0.1) is 11.6 Å². The average molecular weight is 215 g/mol. The maximum absolute atomic E-state index is 13.3. The number of nitrogens with one attached hydrogen (secondary N) is 1. The van der Waals surface area contributed by atoms with Crippen LogP contribution in [-0.4, -0.2) is 11.7 Å². The van der Waals surface area contributed by atoms with E-state index in [1.165, 1.54) is 0 Å². The summed E-state index contributed by atoms with van der Waals surface area (Å²) < 4.78 is 26.1. The highest BCUT2D eigenvalue weighted by Gasteiger charge is 2.16. The van der Waals surface area contributed by atoms with Crippen LogP contribution < -0.4 is 5.32 Å². The van der Waals surface area contributed by atoms with Crippen molar-refractivity contribution in [3.05, 3.63) is 29.3 Å². The van der Waals surface area contributed by atoms with Gasteiger partial charge in [-0.05, 0) is 19.9 Å². The zero-order valence-corrected chi connectivity index (χ0v) is 8.85. The highest BCUT2D eigenvalue weighted by atomic mass is 19.1. The molecule has 84 valence electrons. The summed E-state index contributed by atoms with van der Waals surface area (Å²) in [5.41, 5.74) is 0.116. The van der Waals surface area contributed by atoms with Gasteiger partial charge in [0.15, 0.2) is 0 Å². The second-order valence-electron chi connectivity index (χ2n) is 3.50. The van der Waals surface area contributed by atoms with Crippen molar-refractivity contribution < 1.29 is 13.9 Å². The predicted octanol–water partition coefficient (Wildman–Crippen LogP) is 2.73. The van der Waals surface area contributed by atoms with Crippen molar-refractivity contribution in [2.24, 2.45) is 0 Å². The average Bonchev–Trinajstić information content (AvgIpc) is 2.12. The summed E-state index contributed by atoms with van der Waals surface area (Å²) in [6, 6.07) is 1.37. The zero-order chi connectivity index (χ0) is 11.4. The molecular formula is C11H15F2NO. The second kappa shape index (κ2) is 5.07.